The summed E-state index contributed by atoms with van der Waals surface area (Å²) >= 11 is 9.12. The third-order valence-corrected chi connectivity index (χ3v) is 2.37. The summed E-state index contributed by atoms with van der Waals surface area (Å²) in [5.41, 5.74) is 0.935. The minimum Gasteiger partial charge on any atom is -0.276 e. The second-order valence-corrected chi connectivity index (χ2v) is 3.60. The Morgan fingerprint density at radius 2 is 2.23 bits per heavy atom. The van der Waals surface area contributed by atoms with Gasteiger partial charge in [0.25, 0.3) is 0 Å². The lowest BCUT2D eigenvalue weighted by Gasteiger charge is -2.01. The van der Waals surface area contributed by atoms with Gasteiger partial charge in [-0.05, 0) is 34.1 Å². The molecule has 0 amide bonds. The van der Waals surface area contributed by atoms with Crippen LogP contribution in [0.4, 0.5) is 0 Å². The van der Waals surface area contributed by atoms with E-state index in [1.165, 1.54) is 0 Å². The van der Waals surface area contributed by atoms with Crippen molar-refractivity contribution in [1.82, 2.24) is 14.8 Å². The molecule has 0 saturated heterocycles. The van der Waals surface area contributed by atoms with Crippen molar-refractivity contribution in [3.05, 3.63) is 40.3 Å². The molecule has 1 aromatic carbocycles. The topological polar surface area (TPSA) is 30.7 Å². The summed E-state index contributed by atoms with van der Waals surface area (Å²) in [4.78, 5) is 0. The Morgan fingerprint density at radius 1 is 1.38 bits per heavy atom. The molecule has 13 heavy (non-hydrogen) atoms. The molecule has 2 rings (SSSR count). The van der Waals surface area contributed by atoms with Gasteiger partial charge < -0.3 is 0 Å². The maximum atomic E-state index is 5.84. The predicted molar refractivity (Wildman–Crippen MR) is 54.1 cm³/mol. The van der Waals surface area contributed by atoms with Gasteiger partial charge in [0, 0.05) is 5.02 Å². The molecule has 2 aromatic rings. The van der Waals surface area contributed by atoms with Gasteiger partial charge in [0.2, 0.25) is 4.73 Å². The molecule has 0 aliphatic heterocycles. The summed E-state index contributed by atoms with van der Waals surface area (Å²) in [7, 11) is 0. The molecule has 0 spiro atoms. The maximum absolute atomic E-state index is 5.84. The molecular formula is C8H5BrClN3. The van der Waals surface area contributed by atoms with Crippen LogP contribution in [0.15, 0.2) is 35.3 Å². The third kappa shape index (κ3) is 1.73. The molecule has 0 fully saturated rings. The van der Waals surface area contributed by atoms with E-state index in [1.54, 1.807) is 10.9 Å². The zero-order valence-corrected chi connectivity index (χ0v) is 8.83. The summed E-state index contributed by atoms with van der Waals surface area (Å²) in [6.45, 7) is 0. The van der Waals surface area contributed by atoms with Crippen molar-refractivity contribution < 1.29 is 0 Å². The molecule has 0 N–H and O–H groups in total. The smallest absolute Gasteiger partial charge is 0.204 e. The van der Waals surface area contributed by atoms with E-state index < -0.39 is 0 Å². The Kier molecular flexibility index (Phi) is 2.33. The quantitative estimate of drug-likeness (QED) is 0.787. The van der Waals surface area contributed by atoms with Crippen molar-refractivity contribution in [2.45, 2.75) is 0 Å². The Labute approximate surface area is 88.5 Å². The van der Waals surface area contributed by atoms with Crippen molar-refractivity contribution in [1.29, 1.82) is 0 Å². The van der Waals surface area contributed by atoms with Crippen LogP contribution in [0.5, 0.6) is 0 Å². The highest BCUT2D eigenvalue weighted by Gasteiger charge is 2.02. The highest BCUT2D eigenvalue weighted by atomic mass is 79.9. The van der Waals surface area contributed by atoms with Gasteiger partial charge in [-0.2, -0.15) is 0 Å². The highest BCUT2D eigenvalue weighted by Crippen LogP contribution is 2.17. The summed E-state index contributed by atoms with van der Waals surface area (Å²) < 4.78 is 2.46. The van der Waals surface area contributed by atoms with Gasteiger partial charge in [-0.1, -0.05) is 17.7 Å². The fourth-order valence-electron chi connectivity index (χ4n) is 1.02. The fraction of sp³-hybridized carbons (Fsp3) is 0. The Morgan fingerprint density at radius 3 is 2.85 bits per heavy atom. The molecule has 1 aromatic heterocycles. The van der Waals surface area contributed by atoms with E-state index in [9.17, 15) is 0 Å². The van der Waals surface area contributed by atoms with E-state index in [1.807, 2.05) is 24.3 Å². The first-order valence-corrected chi connectivity index (χ1v) is 4.76. The van der Waals surface area contributed by atoms with E-state index in [0.29, 0.717) is 9.76 Å². The number of halogens is 2. The average molecular weight is 259 g/mol. The van der Waals surface area contributed by atoms with E-state index in [0.717, 1.165) is 5.69 Å². The summed E-state index contributed by atoms with van der Waals surface area (Å²) in [5, 5.41) is 8.25. The Balaban J connectivity index is 2.53. The molecule has 3 nitrogen and oxygen atoms in total. The van der Waals surface area contributed by atoms with Crippen molar-refractivity contribution in [2.75, 3.05) is 0 Å². The lowest BCUT2D eigenvalue weighted by molar-refractivity contribution is 1.01. The van der Waals surface area contributed by atoms with Gasteiger partial charge in [-0.15, -0.1) is 10.2 Å². The predicted octanol–water partition coefficient (Wildman–Crippen LogP) is 2.68. The summed E-state index contributed by atoms with van der Waals surface area (Å²) in [6, 6.07) is 7.48. The van der Waals surface area contributed by atoms with Crippen LogP contribution >= 0.6 is 27.5 Å². The minimum absolute atomic E-state index is 0.662. The SMILES string of the molecule is Clc1cccc(-n2cnnc2Br)c1. The largest absolute Gasteiger partial charge is 0.276 e. The number of hydrogen-bond donors (Lipinski definition) is 0. The number of aromatic nitrogens is 3. The molecule has 0 radical (unpaired) electrons. The van der Waals surface area contributed by atoms with Crippen LogP contribution in [0.3, 0.4) is 0 Å². The number of rotatable bonds is 1. The van der Waals surface area contributed by atoms with Crippen LogP contribution in [-0.4, -0.2) is 14.8 Å². The molecule has 5 heteroatoms. The lowest BCUT2D eigenvalue weighted by Crippen LogP contribution is -1.91. The number of benzene rings is 1. The van der Waals surface area contributed by atoms with Gasteiger partial charge in [-0.25, -0.2) is 0 Å². The zero-order chi connectivity index (χ0) is 9.26. The fourth-order valence-corrected chi connectivity index (χ4v) is 1.59. The Bertz CT molecular complexity index is 427. The normalized spacial score (nSPS) is 10.3. The van der Waals surface area contributed by atoms with E-state index in [-0.39, 0.29) is 0 Å². The van der Waals surface area contributed by atoms with Crippen molar-refractivity contribution in [2.24, 2.45) is 0 Å². The van der Waals surface area contributed by atoms with Gasteiger partial charge >= 0.3 is 0 Å². The van der Waals surface area contributed by atoms with E-state index in [2.05, 4.69) is 26.1 Å². The standard InChI is InChI=1S/C8H5BrClN3/c9-8-12-11-5-13(8)7-3-1-2-6(10)4-7/h1-5H. The zero-order valence-electron chi connectivity index (χ0n) is 6.48. The molecule has 0 atom stereocenters. The Hall–Kier alpha value is -0.870. The van der Waals surface area contributed by atoms with Crippen LogP contribution < -0.4 is 0 Å². The van der Waals surface area contributed by atoms with Gasteiger partial charge in [0.1, 0.15) is 6.33 Å². The second kappa shape index (κ2) is 3.47. The van der Waals surface area contributed by atoms with Crippen LogP contribution in [0.2, 0.25) is 5.02 Å². The van der Waals surface area contributed by atoms with Gasteiger partial charge in [0.05, 0.1) is 5.69 Å². The third-order valence-electron chi connectivity index (χ3n) is 1.59. The summed E-state index contributed by atoms with van der Waals surface area (Å²) in [5.74, 6) is 0. The first-order valence-electron chi connectivity index (χ1n) is 3.59. The number of hydrogen-bond acceptors (Lipinski definition) is 2. The second-order valence-electron chi connectivity index (χ2n) is 2.45. The van der Waals surface area contributed by atoms with Gasteiger partial charge in [0.15, 0.2) is 0 Å². The van der Waals surface area contributed by atoms with Crippen LogP contribution in [0.25, 0.3) is 5.69 Å². The molecule has 0 saturated carbocycles. The first-order chi connectivity index (χ1) is 6.27. The van der Waals surface area contributed by atoms with E-state index in [4.69, 9.17) is 11.6 Å². The monoisotopic (exact) mass is 257 g/mol. The lowest BCUT2D eigenvalue weighted by atomic mass is 10.3. The molecular weight excluding hydrogens is 253 g/mol. The van der Waals surface area contributed by atoms with Crippen LogP contribution in [0.1, 0.15) is 0 Å². The molecule has 0 unspecified atom stereocenters. The van der Waals surface area contributed by atoms with Crippen molar-refractivity contribution in [3.8, 4) is 5.69 Å². The van der Waals surface area contributed by atoms with Crippen LogP contribution in [-0.2, 0) is 0 Å². The van der Waals surface area contributed by atoms with Crippen molar-refractivity contribution >= 4 is 27.5 Å². The average Bonchev–Trinajstić information content (AvgIpc) is 2.51. The maximum Gasteiger partial charge on any atom is 0.204 e. The molecule has 1 heterocycles. The van der Waals surface area contributed by atoms with E-state index >= 15 is 0 Å². The highest BCUT2D eigenvalue weighted by molar-refractivity contribution is 9.10. The summed E-state index contributed by atoms with van der Waals surface area (Å²) in [6.07, 6.45) is 1.62. The minimum atomic E-state index is 0.662. The number of nitrogens with zero attached hydrogens (tertiary/aromatic N) is 3. The van der Waals surface area contributed by atoms with Gasteiger partial charge in [-0.3, -0.25) is 4.57 Å². The molecule has 0 bridgehead atoms. The molecule has 0 aliphatic carbocycles. The first kappa shape index (κ1) is 8.72. The molecule has 66 valence electrons. The van der Waals surface area contributed by atoms with Crippen LogP contribution in [0, 0.1) is 0 Å². The van der Waals surface area contributed by atoms with Crippen molar-refractivity contribution in [3.63, 3.8) is 0 Å². The molecule has 0 aliphatic rings.